The zero-order valence-corrected chi connectivity index (χ0v) is 18.2. The molecule has 2 aromatic carbocycles. The van der Waals surface area contributed by atoms with Gasteiger partial charge in [0.05, 0.1) is 28.4 Å². The van der Waals surface area contributed by atoms with E-state index in [-0.39, 0.29) is 0 Å². The monoisotopic (exact) mass is 442 g/mol. The van der Waals surface area contributed by atoms with Crippen molar-refractivity contribution in [2.45, 2.75) is 13.0 Å². The first-order valence-corrected chi connectivity index (χ1v) is 11.0. The standard InChI is InChI=1S/C23H20Cl2N2OS/c1-28-19-4-3-16-11-18(23(27-22(16)12-19)17-7-9-29-14-17)13-26-8-6-15-2-5-20(24)21(25)10-15/h2-5,7,9-12,14,26H,6,8,13H2,1H3. The lowest BCUT2D eigenvalue weighted by atomic mass is 10.0. The van der Waals surface area contributed by atoms with Gasteiger partial charge in [-0.1, -0.05) is 29.3 Å². The second kappa shape index (κ2) is 9.14. The van der Waals surface area contributed by atoms with Gasteiger partial charge in [-0.15, -0.1) is 0 Å². The molecule has 0 aliphatic heterocycles. The number of ether oxygens (including phenoxy) is 1. The Bertz CT molecular complexity index is 1130. The quantitative estimate of drug-likeness (QED) is 0.326. The van der Waals surface area contributed by atoms with Crippen molar-refractivity contribution < 1.29 is 4.74 Å². The van der Waals surface area contributed by atoms with Crippen LogP contribution in [0.3, 0.4) is 0 Å². The van der Waals surface area contributed by atoms with Crippen molar-refractivity contribution in [3.05, 3.63) is 80.5 Å². The molecule has 0 aliphatic carbocycles. The number of hydrogen-bond acceptors (Lipinski definition) is 4. The molecule has 0 unspecified atom stereocenters. The SMILES string of the molecule is COc1ccc2cc(CNCCc3ccc(Cl)c(Cl)c3)c(-c3ccsc3)nc2c1. The van der Waals surface area contributed by atoms with Gasteiger partial charge in [-0.2, -0.15) is 11.3 Å². The van der Waals surface area contributed by atoms with Crippen LogP contribution in [0.25, 0.3) is 22.2 Å². The van der Waals surface area contributed by atoms with E-state index >= 15 is 0 Å². The molecule has 148 valence electrons. The Morgan fingerprint density at radius 2 is 1.93 bits per heavy atom. The summed E-state index contributed by atoms with van der Waals surface area (Å²) in [5.74, 6) is 0.814. The van der Waals surface area contributed by atoms with Gasteiger partial charge < -0.3 is 10.1 Å². The molecule has 1 N–H and O–H groups in total. The maximum Gasteiger partial charge on any atom is 0.121 e. The molecule has 4 aromatic rings. The van der Waals surface area contributed by atoms with Crippen LogP contribution in [0.5, 0.6) is 5.75 Å². The van der Waals surface area contributed by atoms with E-state index in [9.17, 15) is 0 Å². The zero-order chi connectivity index (χ0) is 20.2. The van der Waals surface area contributed by atoms with Gasteiger partial charge in [0.1, 0.15) is 5.75 Å². The molecule has 2 aromatic heterocycles. The molecule has 0 amide bonds. The van der Waals surface area contributed by atoms with Gasteiger partial charge in [0.25, 0.3) is 0 Å². The van der Waals surface area contributed by atoms with E-state index in [1.165, 1.54) is 5.56 Å². The molecule has 29 heavy (non-hydrogen) atoms. The molecule has 0 radical (unpaired) electrons. The Labute approximate surface area is 184 Å². The summed E-state index contributed by atoms with van der Waals surface area (Å²) in [5, 5.41) is 10.0. The fraction of sp³-hybridized carbons (Fsp3) is 0.174. The summed E-state index contributed by atoms with van der Waals surface area (Å²) >= 11 is 13.8. The highest BCUT2D eigenvalue weighted by Gasteiger charge is 2.11. The number of aromatic nitrogens is 1. The van der Waals surface area contributed by atoms with Gasteiger partial charge in [0, 0.05) is 28.9 Å². The van der Waals surface area contributed by atoms with E-state index in [1.54, 1.807) is 18.4 Å². The molecule has 0 saturated heterocycles. The van der Waals surface area contributed by atoms with Crippen LogP contribution >= 0.6 is 34.5 Å². The number of halogens is 2. The molecule has 0 fully saturated rings. The van der Waals surface area contributed by atoms with Crippen molar-refractivity contribution in [3.8, 4) is 17.0 Å². The highest BCUT2D eigenvalue weighted by Crippen LogP contribution is 2.29. The van der Waals surface area contributed by atoms with Crippen molar-refractivity contribution in [1.29, 1.82) is 0 Å². The molecule has 0 saturated carbocycles. The van der Waals surface area contributed by atoms with Gasteiger partial charge in [-0.25, -0.2) is 4.98 Å². The summed E-state index contributed by atoms with van der Waals surface area (Å²) < 4.78 is 5.35. The minimum atomic E-state index is 0.586. The molecule has 0 aliphatic rings. The summed E-state index contributed by atoms with van der Waals surface area (Å²) in [6.07, 6.45) is 0.878. The number of pyridine rings is 1. The molecule has 3 nitrogen and oxygen atoms in total. The third-order valence-electron chi connectivity index (χ3n) is 4.79. The smallest absolute Gasteiger partial charge is 0.121 e. The minimum Gasteiger partial charge on any atom is -0.497 e. The van der Waals surface area contributed by atoms with Gasteiger partial charge >= 0.3 is 0 Å². The molecule has 0 atom stereocenters. The lowest BCUT2D eigenvalue weighted by molar-refractivity contribution is 0.415. The summed E-state index contributed by atoms with van der Waals surface area (Å²) in [4.78, 5) is 4.94. The van der Waals surface area contributed by atoms with Crippen LogP contribution in [0.15, 0.2) is 59.3 Å². The predicted octanol–water partition coefficient (Wildman–Crippen LogP) is 6.61. The fourth-order valence-electron chi connectivity index (χ4n) is 3.25. The number of fused-ring (bicyclic) bond motifs is 1. The number of rotatable bonds is 7. The maximum atomic E-state index is 6.11. The van der Waals surface area contributed by atoms with E-state index in [1.807, 2.05) is 30.3 Å². The fourth-order valence-corrected chi connectivity index (χ4v) is 4.21. The van der Waals surface area contributed by atoms with Crippen LogP contribution < -0.4 is 10.1 Å². The van der Waals surface area contributed by atoms with E-state index in [2.05, 4.69) is 34.3 Å². The zero-order valence-electron chi connectivity index (χ0n) is 15.9. The first kappa shape index (κ1) is 20.2. The van der Waals surface area contributed by atoms with Crippen molar-refractivity contribution in [2.75, 3.05) is 13.7 Å². The minimum absolute atomic E-state index is 0.586. The van der Waals surface area contributed by atoms with Crippen LogP contribution in [-0.4, -0.2) is 18.6 Å². The summed E-state index contributed by atoms with van der Waals surface area (Å²) in [6.45, 7) is 1.57. The number of methoxy groups -OCH3 is 1. The molecule has 6 heteroatoms. The predicted molar refractivity (Wildman–Crippen MR) is 123 cm³/mol. The van der Waals surface area contributed by atoms with Crippen LogP contribution in [-0.2, 0) is 13.0 Å². The number of thiophene rings is 1. The first-order chi connectivity index (χ1) is 14.1. The molecular weight excluding hydrogens is 423 g/mol. The highest BCUT2D eigenvalue weighted by atomic mass is 35.5. The van der Waals surface area contributed by atoms with E-state index in [0.29, 0.717) is 10.0 Å². The van der Waals surface area contributed by atoms with Crippen molar-refractivity contribution >= 4 is 45.4 Å². The van der Waals surface area contributed by atoms with Gasteiger partial charge in [0.2, 0.25) is 0 Å². The highest BCUT2D eigenvalue weighted by molar-refractivity contribution is 7.08. The Kier molecular flexibility index (Phi) is 6.36. The van der Waals surface area contributed by atoms with Crippen molar-refractivity contribution in [3.63, 3.8) is 0 Å². The third kappa shape index (κ3) is 4.73. The second-order valence-electron chi connectivity index (χ2n) is 6.74. The first-order valence-electron chi connectivity index (χ1n) is 9.29. The average Bonchev–Trinajstić information content (AvgIpc) is 3.27. The lowest BCUT2D eigenvalue weighted by Gasteiger charge is -2.12. The molecule has 0 spiro atoms. The van der Waals surface area contributed by atoms with Gasteiger partial charge in [-0.3, -0.25) is 0 Å². The Balaban J connectivity index is 1.53. The van der Waals surface area contributed by atoms with Crippen molar-refractivity contribution in [2.24, 2.45) is 0 Å². The van der Waals surface area contributed by atoms with Crippen LogP contribution in [0.4, 0.5) is 0 Å². The maximum absolute atomic E-state index is 6.11. The number of nitrogens with one attached hydrogen (secondary N) is 1. The third-order valence-corrected chi connectivity index (χ3v) is 6.21. The normalized spacial score (nSPS) is 11.1. The Morgan fingerprint density at radius 3 is 2.69 bits per heavy atom. The topological polar surface area (TPSA) is 34.1 Å². The van der Waals surface area contributed by atoms with Crippen LogP contribution in [0.2, 0.25) is 10.0 Å². The van der Waals surface area contributed by atoms with E-state index < -0.39 is 0 Å². The van der Waals surface area contributed by atoms with E-state index in [4.69, 9.17) is 32.9 Å². The molecule has 2 heterocycles. The lowest BCUT2D eigenvalue weighted by Crippen LogP contribution is -2.17. The van der Waals surface area contributed by atoms with Gasteiger partial charge in [0.15, 0.2) is 0 Å². The largest absolute Gasteiger partial charge is 0.497 e. The number of hydrogen-bond donors (Lipinski definition) is 1. The second-order valence-corrected chi connectivity index (χ2v) is 8.34. The number of nitrogens with zero attached hydrogens (tertiary/aromatic N) is 1. The van der Waals surface area contributed by atoms with Crippen LogP contribution in [0.1, 0.15) is 11.1 Å². The molecule has 0 bridgehead atoms. The Hall–Kier alpha value is -2.11. The Morgan fingerprint density at radius 1 is 1.03 bits per heavy atom. The van der Waals surface area contributed by atoms with Crippen LogP contribution in [0, 0.1) is 0 Å². The van der Waals surface area contributed by atoms with E-state index in [0.717, 1.165) is 53.0 Å². The summed E-state index contributed by atoms with van der Waals surface area (Å²) in [6, 6.07) is 16.1. The molecular formula is C23H20Cl2N2OS. The molecule has 4 rings (SSSR count). The van der Waals surface area contributed by atoms with Crippen molar-refractivity contribution in [1.82, 2.24) is 10.3 Å². The average molecular weight is 443 g/mol. The summed E-state index contributed by atoms with van der Waals surface area (Å²) in [5.41, 5.74) is 5.42. The van der Waals surface area contributed by atoms with Gasteiger partial charge in [-0.05, 0) is 65.9 Å². The summed E-state index contributed by atoms with van der Waals surface area (Å²) in [7, 11) is 1.67. The number of benzene rings is 2.